The van der Waals surface area contributed by atoms with Crippen LogP contribution in [0.3, 0.4) is 0 Å². The molecular weight excluding hydrogens is 260 g/mol. The van der Waals surface area contributed by atoms with Crippen molar-refractivity contribution in [1.82, 2.24) is 15.0 Å². The number of carbonyl (C=O) groups is 2. The molecule has 110 valence electrons. The maximum absolute atomic E-state index is 12.0. The number of carbonyl (C=O) groups excluding carboxylic acids is 2. The van der Waals surface area contributed by atoms with Crippen LogP contribution in [0.2, 0.25) is 0 Å². The van der Waals surface area contributed by atoms with E-state index in [4.69, 9.17) is 4.52 Å². The number of nitrogens with zero attached hydrogens (tertiary/aromatic N) is 3. The SMILES string of the molecule is Cc1cc(NC(=O)CN2CCC[C@H]2C(=O)N(C)C)on1. The minimum atomic E-state index is -0.202. The van der Waals surface area contributed by atoms with Crippen LogP contribution in [0.15, 0.2) is 10.6 Å². The lowest BCUT2D eigenvalue weighted by Gasteiger charge is -2.25. The zero-order valence-electron chi connectivity index (χ0n) is 12.0. The van der Waals surface area contributed by atoms with Crippen LogP contribution in [-0.4, -0.2) is 60.0 Å². The van der Waals surface area contributed by atoms with Crippen molar-refractivity contribution in [2.45, 2.75) is 25.8 Å². The van der Waals surface area contributed by atoms with E-state index in [0.717, 1.165) is 19.4 Å². The third-order valence-electron chi connectivity index (χ3n) is 3.33. The average molecular weight is 280 g/mol. The number of likely N-dealkylation sites (N-methyl/N-ethyl adjacent to an activating group) is 1. The molecule has 1 aliphatic rings. The molecule has 2 heterocycles. The summed E-state index contributed by atoms with van der Waals surface area (Å²) in [6, 6.07) is 1.46. The number of anilines is 1. The Morgan fingerprint density at radius 2 is 2.30 bits per heavy atom. The summed E-state index contributed by atoms with van der Waals surface area (Å²) >= 11 is 0. The Bertz CT molecular complexity index is 498. The van der Waals surface area contributed by atoms with Gasteiger partial charge in [0.25, 0.3) is 0 Å². The summed E-state index contributed by atoms with van der Waals surface area (Å²) in [6.45, 7) is 2.72. The number of aromatic nitrogens is 1. The van der Waals surface area contributed by atoms with Gasteiger partial charge in [-0.15, -0.1) is 0 Å². The molecule has 1 N–H and O–H groups in total. The predicted molar refractivity (Wildman–Crippen MR) is 73.2 cm³/mol. The molecule has 0 saturated carbocycles. The molecule has 0 radical (unpaired) electrons. The molecular formula is C13H20N4O3. The van der Waals surface area contributed by atoms with E-state index in [0.29, 0.717) is 11.6 Å². The quantitative estimate of drug-likeness (QED) is 0.867. The Morgan fingerprint density at radius 3 is 2.90 bits per heavy atom. The van der Waals surface area contributed by atoms with Gasteiger partial charge in [-0.2, -0.15) is 0 Å². The fourth-order valence-electron chi connectivity index (χ4n) is 2.38. The van der Waals surface area contributed by atoms with Gasteiger partial charge in [-0.3, -0.25) is 19.8 Å². The zero-order chi connectivity index (χ0) is 14.7. The first-order valence-corrected chi connectivity index (χ1v) is 6.66. The first-order valence-electron chi connectivity index (χ1n) is 6.66. The van der Waals surface area contributed by atoms with Crippen molar-refractivity contribution < 1.29 is 14.1 Å². The number of rotatable bonds is 4. The molecule has 0 aliphatic carbocycles. The van der Waals surface area contributed by atoms with E-state index >= 15 is 0 Å². The molecule has 1 aromatic rings. The fourth-order valence-corrected chi connectivity index (χ4v) is 2.38. The van der Waals surface area contributed by atoms with E-state index in [1.165, 1.54) is 0 Å². The molecule has 1 fully saturated rings. The Kier molecular flexibility index (Phi) is 4.39. The van der Waals surface area contributed by atoms with Crippen molar-refractivity contribution in [3.8, 4) is 0 Å². The highest BCUT2D eigenvalue weighted by Gasteiger charge is 2.32. The summed E-state index contributed by atoms with van der Waals surface area (Å²) in [5, 5.41) is 6.35. The van der Waals surface area contributed by atoms with Gasteiger partial charge in [0.1, 0.15) is 0 Å². The lowest BCUT2D eigenvalue weighted by Crippen LogP contribution is -2.45. The molecule has 0 bridgehead atoms. The summed E-state index contributed by atoms with van der Waals surface area (Å²) < 4.78 is 4.94. The standard InChI is InChI=1S/C13H20N4O3/c1-9-7-12(20-15-9)14-11(18)8-17-6-4-5-10(17)13(19)16(2)3/h7,10H,4-6,8H2,1-3H3,(H,14,18)/t10-/m0/s1. The van der Waals surface area contributed by atoms with Gasteiger partial charge in [0.15, 0.2) is 0 Å². The zero-order valence-corrected chi connectivity index (χ0v) is 12.0. The van der Waals surface area contributed by atoms with Gasteiger partial charge < -0.3 is 9.42 Å². The lowest BCUT2D eigenvalue weighted by molar-refractivity contribution is -0.133. The topological polar surface area (TPSA) is 78.7 Å². The molecule has 1 aliphatic heterocycles. The van der Waals surface area contributed by atoms with Crippen LogP contribution in [-0.2, 0) is 9.59 Å². The molecule has 1 aromatic heterocycles. The Hall–Kier alpha value is -1.89. The average Bonchev–Trinajstić information content (AvgIpc) is 2.97. The van der Waals surface area contributed by atoms with Gasteiger partial charge in [0.2, 0.25) is 17.7 Å². The van der Waals surface area contributed by atoms with Gasteiger partial charge in [-0.1, -0.05) is 5.16 Å². The van der Waals surface area contributed by atoms with Crippen LogP contribution < -0.4 is 5.32 Å². The largest absolute Gasteiger partial charge is 0.347 e. The third-order valence-corrected chi connectivity index (χ3v) is 3.33. The van der Waals surface area contributed by atoms with Crippen molar-refractivity contribution in [1.29, 1.82) is 0 Å². The Balaban J connectivity index is 1.91. The van der Waals surface area contributed by atoms with E-state index in [-0.39, 0.29) is 24.4 Å². The fraction of sp³-hybridized carbons (Fsp3) is 0.615. The van der Waals surface area contributed by atoms with Crippen LogP contribution in [0.1, 0.15) is 18.5 Å². The van der Waals surface area contributed by atoms with Crippen LogP contribution in [0.5, 0.6) is 0 Å². The van der Waals surface area contributed by atoms with Gasteiger partial charge in [0, 0.05) is 20.2 Å². The molecule has 2 rings (SSSR count). The van der Waals surface area contributed by atoms with Crippen molar-refractivity contribution in [3.05, 3.63) is 11.8 Å². The van der Waals surface area contributed by atoms with E-state index < -0.39 is 0 Å². The normalized spacial score (nSPS) is 19.1. The van der Waals surface area contributed by atoms with Gasteiger partial charge in [-0.25, -0.2) is 0 Å². The van der Waals surface area contributed by atoms with Crippen LogP contribution in [0.25, 0.3) is 0 Å². The summed E-state index contributed by atoms with van der Waals surface area (Å²) in [5.41, 5.74) is 0.710. The number of amides is 2. The van der Waals surface area contributed by atoms with Crippen molar-refractivity contribution in [3.63, 3.8) is 0 Å². The van der Waals surface area contributed by atoms with E-state index in [1.807, 2.05) is 4.90 Å². The second-order valence-corrected chi connectivity index (χ2v) is 5.24. The maximum Gasteiger partial charge on any atom is 0.240 e. The van der Waals surface area contributed by atoms with Crippen LogP contribution in [0.4, 0.5) is 5.88 Å². The highest BCUT2D eigenvalue weighted by molar-refractivity contribution is 5.91. The minimum absolute atomic E-state index is 0.0470. The molecule has 20 heavy (non-hydrogen) atoms. The molecule has 1 saturated heterocycles. The lowest BCUT2D eigenvalue weighted by atomic mass is 10.2. The van der Waals surface area contributed by atoms with E-state index in [1.54, 1.807) is 32.0 Å². The monoisotopic (exact) mass is 280 g/mol. The molecule has 0 unspecified atom stereocenters. The number of aryl methyl sites for hydroxylation is 1. The van der Waals surface area contributed by atoms with Crippen molar-refractivity contribution in [2.75, 3.05) is 32.5 Å². The third kappa shape index (κ3) is 3.36. The van der Waals surface area contributed by atoms with Crippen LogP contribution in [0, 0.1) is 6.92 Å². The molecule has 7 nitrogen and oxygen atoms in total. The van der Waals surface area contributed by atoms with Crippen molar-refractivity contribution >= 4 is 17.7 Å². The predicted octanol–water partition coefficient (Wildman–Crippen LogP) is 0.474. The minimum Gasteiger partial charge on any atom is -0.347 e. The first kappa shape index (κ1) is 14.5. The smallest absolute Gasteiger partial charge is 0.240 e. The van der Waals surface area contributed by atoms with Crippen molar-refractivity contribution in [2.24, 2.45) is 0 Å². The maximum atomic E-state index is 12.0. The summed E-state index contributed by atoms with van der Waals surface area (Å²) in [4.78, 5) is 27.4. The van der Waals surface area contributed by atoms with Gasteiger partial charge >= 0.3 is 0 Å². The molecule has 7 heteroatoms. The molecule has 1 atom stereocenters. The Labute approximate surface area is 117 Å². The summed E-state index contributed by atoms with van der Waals surface area (Å²) in [7, 11) is 3.46. The molecule has 2 amide bonds. The van der Waals surface area contributed by atoms with Gasteiger partial charge in [0.05, 0.1) is 18.3 Å². The highest BCUT2D eigenvalue weighted by atomic mass is 16.5. The second kappa shape index (κ2) is 6.04. The highest BCUT2D eigenvalue weighted by Crippen LogP contribution is 2.18. The molecule has 0 aromatic carbocycles. The number of likely N-dealkylation sites (tertiary alicyclic amines) is 1. The first-order chi connectivity index (χ1) is 9.47. The number of hydrogen-bond acceptors (Lipinski definition) is 5. The summed E-state index contributed by atoms with van der Waals surface area (Å²) in [5.74, 6) is 0.188. The van der Waals surface area contributed by atoms with E-state index in [9.17, 15) is 9.59 Å². The Morgan fingerprint density at radius 1 is 1.55 bits per heavy atom. The van der Waals surface area contributed by atoms with E-state index in [2.05, 4.69) is 10.5 Å². The molecule has 0 spiro atoms. The number of hydrogen-bond donors (Lipinski definition) is 1. The number of nitrogens with one attached hydrogen (secondary N) is 1. The second-order valence-electron chi connectivity index (χ2n) is 5.24. The van der Waals surface area contributed by atoms with Gasteiger partial charge in [-0.05, 0) is 26.3 Å². The van der Waals surface area contributed by atoms with Crippen LogP contribution >= 0.6 is 0 Å². The summed E-state index contributed by atoms with van der Waals surface area (Å²) in [6.07, 6.45) is 1.73.